The van der Waals surface area contributed by atoms with E-state index < -0.39 is 28.9 Å². The maximum Gasteiger partial charge on any atom is 0.261 e. The van der Waals surface area contributed by atoms with E-state index in [4.69, 9.17) is 11.6 Å². The molecule has 0 saturated carbocycles. The normalized spacial score (nSPS) is 10.9. The molecule has 1 amide bonds. The third kappa shape index (κ3) is 4.15. The number of rotatable bonds is 6. The third-order valence-corrected chi connectivity index (χ3v) is 5.24. The Labute approximate surface area is 167 Å². The van der Waals surface area contributed by atoms with Crippen LogP contribution in [0.1, 0.15) is 22.8 Å². The molecule has 1 heterocycles. The number of nitrogens with one attached hydrogen (secondary N) is 1. The van der Waals surface area contributed by atoms with Gasteiger partial charge in [0.05, 0.1) is 5.56 Å². The fourth-order valence-electron chi connectivity index (χ4n) is 2.40. The van der Waals surface area contributed by atoms with Gasteiger partial charge in [-0.1, -0.05) is 41.6 Å². The number of nitrogens with zero attached hydrogens (tertiary/aromatic N) is 3. The predicted molar refractivity (Wildman–Crippen MR) is 101 cm³/mol. The van der Waals surface area contributed by atoms with Gasteiger partial charge >= 0.3 is 0 Å². The topological polar surface area (TPSA) is 59.8 Å². The molecule has 0 atom stereocenters. The fraction of sp³-hybridized carbons (Fsp3) is 0.167. The summed E-state index contributed by atoms with van der Waals surface area (Å²) in [6.45, 7) is 2.24. The zero-order chi connectivity index (χ0) is 20.3. The number of hydrogen-bond donors (Lipinski definition) is 1. The van der Waals surface area contributed by atoms with E-state index in [-0.39, 0.29) is 5.95 Å². The third-order valence-electron chi connectivity index (χ3n) is 3.85. The van der Waals surface area contributed by atoms with Crippen LogP contribution in [0.5, 0.6) is 0 Å². The minimum atomic E-state index is -1.71. The van der Waals surface area contributed by atoms with Gasteiger partial charge in [0.15, 0.2) is 22.6 Å². The van der Waals surface area contributed by atoms with Gasteiger partial charge in [-0.25, -0.2) is 13.2 Å². The van der Waals surface area contributed by atoms with Gasteiger partial charge in [0, 0.05) is 17.3 Å². The molecule has 0 radical (unpaired) electrons. The lowest BCUT2D eigenvalue weighted by Gasteiger charge is -2.09. The van der Waals surface area contributed by atoms with Crippen molar-refractivity contribution in [1.82, 2.24) is 14.8 Å². The zero-order valence-corrected chi connectivity index (χ0v) is 16.1. The Morgan fingerprint density at radius 3 is 2.61 bits per heavy atom. The lowest BCUT2D eigenvalue weighted by atomic mass is 10.2. The molecule has 2 aromatic carbocycles. The van der Waals surface area contributed by atoms with Gasteiger partial charge < -0.3 is 0 Å². The Morgan fingerprint density at radius 2 is 1.89 bits per heavy atom. The first-order valence-corrected chi connectivity index (χ1v) is 9.53. The minimum Gasteiger partial charge on any atom is -0.290 e. The molecular weight excluding hydrogens is 413 g/mol. The van der Waals surface area contributed by atoms with E-state index in [1.54, 1.807) is 10.6 Å². The highest BCUT2D eigenvalue weighted by Crippen LogP contribution is 2.27. The van der Waals surface area contributed by atoms with E-state index in [9.17, 15) is 18.0 Å². The molecule has 0 spiro atoms. The van der Waals surface area contributed by atoms with Crippen LogP contribution in [0.15, 0.2) is 41.6 Å². The predicted octanol–water partition coefficient (Wildman–Crippen LogP) is 4.91. The van der Waals surface area contributed by atoms with Gasteiger partial charge in [0.1, 0.15) is 0 Å². The molecule has 28 heavy (non-hydrogen) atoms. The van der Waals surface area contributed by atoms with Gasteiger partial charge in [0.2, 0.25) is 5.95 Å². The second-order valence-electron chi connectivity index (χ2n) is 5.61. The molecule has 1 aromatic heterocycles. The van der Waals surface area contributed by atoms with Crippen molar-refractivity contribution in [3.63, 3.8) is 0 Å². The molecule has 0 aliphatic rings. The van der Waals surface area contributed by atoms with Crippen LogP contribution in [0.3, 0.4) is 0 Å². The minimum absolute atomic E-state index is 0.0679. The van der Waals surface area contributed by atoms with E-state index >= 15 is 0 Å². The molecule has 146 valence electrons. The standard InChI is InChI=1S/C18H14ClF3N4OS/c1-2-26-17(23-16(27)11-7-8-13(20)15(22)14(11)21)24-25-18(26)28-9-10-5-3-4-6-12(10)19/h3-8H,2,9H2,1H3,(H,23,24,27). The molecule has 0 unspecified atom stereocenters. The Balaban J connectivity index is 1.78. The number of aromatic nitrogens is 3. The van der Waals surface area contributed by atoms with Crippen molar-refractivity contribution in [2.45, 2.75) is 24.4 Å². The summed E-state index contributed by atoms with van der Waals surface area (Å²) in [6, 6.07) is 8.91. The van der Waals surface area contributed by atoms with Crippen molar-refractivity contribution >= 4 is 35.2 Å². The molecule has 0 aliphatic carbocycles. The van der Waals surface area contributed by atoms with Gasteiger partial charge in [-0.15, -0.1) is 10.2 Å². The van der Waals surface area contributed by atoms with Crippen LogP contribution in [0, 0.1) is 17.5 Å². The summed E-state index contributed by atoms with van der Waals surface area (Å²) in [7, 11) is 0. The molecule has 3 rings (SSSR count). The molecule has 0 saturated heterocycles. The number of hydrogen-bond acceptors (Lipinski definition) is 4. The van der Waals surface area contributed by atoms with Gasteiger partial charge in [-0.05, 0) is 30.7 Å². The first kappa shape index (κ1) is 20.2. The Kier molecular flexibility index (Phi) is 6.25. The molecule has 0 aliphatic heterocycles. The van der Waals surface area contributed by atoms with Crippen LogP contribution in [0.2, 0.25) is 5.02 Å². The highest BCUT2D eigenvalue weighted by Gasteiger charge is 2.21. The van der Waals surface area contributed by atoms with Gasteiger partial charge in [-0.2, -0.15) is 0 Å². The largest absolute Gasteiger partial charge is 0.290 e. The average molecular weight is 427 g/mol. The molecule has 0 fully saturated rings. The fourth-order valence-corrected chi connectivity index (χ4v) is 3.69. The maximum atomic E-state index is 13.8. The van der Waals surface area contributed by atoms with E-state index in [1.807, 2.05) is 25.1 Å². The molecule has 1 N–H and O–H groups in total. The molecular formula is C18H14ClF3N4OS. The smallest absolute Gasteiger partial charge is 0.261 e. The van der Waals surface area contributed by atoms with Crippen molar-refractivity contribution in [3.05, 3.63) is 70.0 Å². The van der Waals surface area contributed by atoms with Crippen molar-refractivity contribution in [1.29, 1.82) is 0 Å². The first-order chi connectivity index (χ1) is 13.4. The summed E-state index contributed by atoms with van der Waals surface area (Å²) in [6.07, 6.45) is 0. The summed E-state index contributed by atoms with van der Waals surface area (Å²) in [5.74, 6) is -5.00. The van der Waals surface area contributed by atoms with E-state index in [0.717, 1.165) is 11.6 Å². The Bertz CT molecular complexity index is 1030. The quantitative estimate of drug-likeness (QED) is 0.449. The summed E-state index contributed by atoms with van der Waals surface area (Å²) in [5.41, 5.74) is 0.282. The number of halogens is 4. The monoisotopic (exact) mass is 426 g/mol. The van der Waals surface area contributed by atoms with Crippen molar-refractivity contribution in [2.75, 3.05) is 5.32 Å². The van der Waals surface area contributed by atoms with Crippen molar-refractivity contribution in [2.24, 2.45) is 0 Å². The van der Waals surface area contributed by atoms with E-state index in [0.29, 0.717) is 28.5 Å². The second-order valence-corrected chi connectivity index (χ2v) is 6.96. The first-order valence-electron chi connectivity index (χ1n) is 8.16. The number of amides is 1. The highest BCUT2D eigenvalue weighted by atomic mass is 35.5. The molecule has 3 aromatic rings. The average Bonchev–Trinajstić information content (AvgIpc) is 3.06. The number of benzene rings is 2. The SMILES string of the molecule is CCn1c(NC(=O)c2ccc(F)c(F)c2F)nnc1SCc1ccccc1Cl. The van der Waals surface area contributed by atoms with Crippen LogP contribution in [0.4, 0.5) is 19.1 Å². The number of carbonyl (C=O) groups excluding carboxylic acids is 1. The molecule has 0 bridgehead atoms. The van der Waals surface area contributed by atoms with Crippen LogP contribution < -0.4 is 5.32 Å². The molecule has 10 heteroatoms. The maximum absolute atomic E-state index is 13.8. The van der Waals surface area contributed by atoms with E-state index in [1.165, 1.54) is 11.8 Å². The summed E-state index contributed by atoms with van der Waals surface area (Å²) >= 11 is 7.50. The number of carbonyl (C=O) groups is 1. The van der Waals surface area contributed by atoms with E-state index in [2.05, 4.69) is 15.5 Å². The summed E-state index contributed by atoms with van der Waals surface area (Å²) in [5, 5.41) is 11.4. The highest BCUT2D eigenvalue weighted by molar-refractivity contribution is 7.98. The van der Waals surface area contributed by atoms with Crippen molar-refractivity contribution in [3.8, 4) is 0 Å². The van der Waals surface area contributed by atoms with Crippen LogP contribution in [0.25, 0.3) is 0 Å². The van der Waals surface area contributed by atoms with Crippen LogP contribution >= 0.6 is 23.4 Å². The second kappa shape index (κ2) is 8.66. The summed E-state index contributed by atoms with van der Waals surface area (Å²) in [4.78, 5) is 12.3. The van der Waals surface area contributed by atoms with Gasteiger partial charge in [-0.3, -0.25) is 14.7 Å². The Hall–Kier alpha value is -2.52. The van der Waals surface area contributed by atoms with Crippen LogP contribution in [-0.4, -0.2) is 20.7 Å². The number of thioether (sulfide) groups is 1. The Morgan fingerprint density at radius 1 is 1.14 bits per heavy atom. The summed E-state index contributed by atoms with van der Waals surface area (Å²) < 4.78 is 41.8. The number of anilines is 1. The van der Waals surface area contributed by atoms with Crippen molar-refractivity contribution < 1.29 is 18.0 Å². The van der Waals surface area contributed by atoms with Crippen LogP contribution in [-0.2, 0) is 12.3 Å². The lowest BCUT2D eigenvalue weighted by molar-refractivity contribution is 0.102. The molecule has 5 nitrogen and oxygen atoms in total. The van der Waals surface area contributed by atoms with Gasteiger partial charge in [0.25, 0.3) is 5.91 Å². The zero-order valence-electron chi connectivity index (χ0n) is 14.5. The lowest BCUT2D eigenvalue weighted by Crippen LogP contribution is -2.18.